The number of nitrogens with zero attached hydrogens (tertiary/aromatic N) is 2. The number of phenols is 5. The summed E-state index contributed by atoms with van der Waals surface area (Å²) in [6.07, 6.45) is 0. The number of hydrogen-bond donors (Lipinski definition) is 5. The zero-order valence-corrected chi connectivity index (χ0v) is 30.5. The van der Waals surface area contributed by atoms with Gasteiger partial charge in [0.2, 0.25) is 17.2 Å². The van der Waals surface area contributed by atoms with Crippen LogP contribution in [0.15, 0.2) is 150 Å². The van der Waals surface area contributed by atoms with Crippen molar-refractivity contribution in [3.05, 3.63) is 161 Å². The number of para-hydroxylation sites is 2. The Bertz CT molecular complexity index is 2470. The Morgan fingerprint density at radius 2 is 0.868 bits per heavy atom. The van der Waals surface area contributed by atoms with Gasteiger partial charge in [-0.2, -0.15) is 0 Å². The molecule has 0 unspecified atom stereocenters. The summed E-state index contributed by atoms with van der Waals surface area (Å²) in [5, 5.41) is 51.5. The minimum absolute atomic E-state index is 0.172. The molecule has 262 valence electrons. The highest BCUT2D eigenvalue weighted by Gasteiger charge is 2.36. The van der Waals surface area contributed by atoms with E-state index in [-0.39, 0.29) is 11.0 Å². The van der Waals surface area contributed by atoms with Crippen molar-refractivity contribution < 1.29 is 25.5 Å². The molecule has 7 aromatic rings. The molecule has 0 aliphatic heterocycles. The molecule has 7 nitrogen and oxygen atoms in total. The minimum Gasteiger partial charge on any atom is -0.504 e. The van der Waals surface area contributed by atoms with Crippen molar-refractivity contribution >= 4 is 50.1 Å². The number of fused-ring (bicyclic) bond motifs is 3. The lowest BCUT2D eigenvalue weighted by Crippen LogP contribution is -2.17. The van der Waals surface area contributed by atoms with Crippen LogP contribution in [0.1, 0.15) is 25.0 Å². The zero-order chi connectivity index (χ0) is 37.0. The first-order valence-electron chi connectivity index (χ1n) is 17.1. The molecule has 0 aromatic heterocycles. The van der Waals surface area contributed by atoms with Gasteiger partial charge in [-0.15, -0.1) is 0 Å². The molecule has 7 aromatic carbocycles. The monoisotopic (exact) mass is 762 g/mol. The van der Waals surface area contributed by atoms with Crippen molar-refractivity contribution in [2.24, 2.45) is 0 Å². The summed E-state index contributed by atoms with van der Waals surface area (Å²) in [5.74, 6) is -4.35. The highest BCUT2D eigenvalue weighted by molar-refractivity contribution is 9.10. The van der Waals surface area contributed by atoms with Gasteiger partial charge in [-0.25, -0.2) is 0 Å². The fourth-order valence-electron chi connectivity index (χ4n) is 7.43. The van der Waals surface area contributed by atoms with Gasteiger partial charge in [0.25, 0.3) is 0 Å². The predicted molar refractivity (Wildman–Crippen MR) is 215 cm³/mol. The predicted octanol–water partition coefficient (Wildman–Crippen LogP) is 11.9. The first-order valence-corrected chi connectivity index (χ1v) is 17.9. The topological polar surface area (TPSA) is 108 Å². The molecule has 0 fully saturated rings. The van der Waals surface area contributed by atoms with E-state index in [1.165, 1.54) is 22.3 Å². The minimum atomic E-state index is -1.00. The number of phenolic OH excluding ortho intramolecular Hbond substituents is 5. The van der Waals surface area contributed by atoms with Gasteiger partial charge in [0.1, 0.15) is 0 Å². The molecule has 53 heavy (non-hydrogen) atoms. The largest absolute Gasteiger partial charge is 0.504 e. The Morgan fingerprint density at radius 3 is 1.45 bits per heavy atom. The van der Waals surface area contributed by atoms with Crippen LogP contribution in [0.2, 0.25) is 0 Å². The van der Waals surface area contributed by atoms with Crippen LogP contribution in [0.25, 0.3) is 22.3 Å². The summed E-state index contributed by atoms with van der Waals surface area (Å²) in [4.78, 5) is 4.35. The molecule has 0 heterocycles. The lowest BCUT2D eigenvalue weighted by Gasteiger charge is -2.31. The molecule has 8 heteroatoms. The van der Waals surface area contributed by atoms with Crippen LogP contribution in [0, 0.1) is 0 Å². The molecule has 0 saturated carbocycles. The van der Waals surface area contributed by atoms with E-state index in [2.05, 4.69) is 106 Å². The van der Waals surface area contributed by atoms with E-state index in [9.17, 15) is 25.5 Å². The number of hydrogen-bond acceptors (Lipinski definition) is 7. The van der Waals surface area contributed by atoms with Crippen LogP contribution in [0.3, 0.4) is 0 Å². The number of aromatic hydroxyl groups is 5. The Labute approximate surface area is 315 Å². The molecular weight excluding hydrogens is 728 g/mol. The summed E-state index contributed by atoms with van der Waals surface area (Å²) in [5.41, 5.74) is 10.5. The first-order chi connectivity index (χ1) is 25.5. The van der Waals surface area contributed by atoms with Gasteiger partial charge < -0.3 is 35.3 Å². The van der Waals surface area contributed by atoms with E-state index in [0.717, 1.165) is 38.6 Å². The fraction of sp³-hybridized carbons (Fsp3) is 0.0667. The first kappa shape index (κ1) is 33.7. The van der Waals surface area contributed by atoms with Gasteiger partial charge in [-0.3, -0.25) is 0 Å². The van der Waals surface area contributed by atoms with Gasteiger partial charge in [0, 0.05) is 44.0 Å². The molecule has 0 amide bonds. The number of benzene rings is 7. The number of rotatable bonds is 7. The Balaban J connectivity index is 1.26. The lowest BCUT2D eigenvalue weighted by molar-refractivity contribution is 0.330. The normalized spacial score (nSPS) is 12.6. The van der Waals surface area contributed by atoms with Crippen LogP contribution in [-0.2, 0) is 5.41 Å². The molecular formula is C45H35BrN2O5. The highest BCUT2D eigenvalue weighted by atomic mass is 79.9. The van der Waals surface area contributed by atoms with Crippen molar-refractivity contribution in [3.8, 4) is 51.0 Å². The molecule has 8 rings (SSSR count). The molecule has 5 N–H and O–H groups in total. The van der Waals surface area contributed by atoms with Crippen molar-refractivity contribution in [3.63, 3.8) is 0 Å². The van der Waals surface area contributed by atoms with Gasteiger partial charge in [0.05, 0.1) is 5.56 Å². The Morgan fingerprint density at radius 1 is 0.415 bits per heavy atom. The Hall–Kier alpha value is -6.38. The third-order valence-electron chi connectivity index (χ3n) is 10.0. The van der Waals surface area contributed by atoms with Crippen molar-refractivity contribution in [2.75, 3.05) is 9.80 Å². The SMILES string of the molecule is CC1(C)c2ccccc2-c2ccc(N(c3ccccc3)c3cc(Br)cc(N(c4ccccc4)c4ccc(-c5c(O)c(O)c(O)c(O)c5O)cc4)c3)cc21. The van der Waals surface area contributed by atoms with E-state index in [0.29, 0.717) is 5.56 Å². The summed E-state index contributed by atoms with van der Waals surface area (Å²) < 4.78 is 0.863. The van der Waals surface area contributed by atoms with Crippen LogP contribution in [-0.4, -0.2) is 25.5 Å². The van der Waals surface area contributed by atoms with Crippen molar-refractivity contribution in [1.29, 1.82) is 0 Å². The Kier molecular flexibility index (Phi) is 8.27. The standard InChI is InChI=1S/C45H35BrN2O5/c1-45(2)37-16-10-9-15-35(37)36-22-21-32(26-38(36)45)48(30-13-7-4-8-14-30)34-24-28(46)23-33(25-34)47(29-11-5-3-6-12-29)31-19-17-27(18-20-31)39-40(49)42(51)44(53)43(52)41(39)50/h3-26,49-53H,1-2H3. The van der Waals surface area contributed by atoms with E-state index in [4.69, 9.17) is 0 Å². The number of anilines is 6. The summed E-state index contributed by atoms with van der Waals surface area (Å²) in [6, 6.07) is 48.8. The second-order valence-electron chi connectivity index (χ2n) is 13.6. The fourth-order valence-corrected chi connectivity index (χ4v) is 7.90. The maximum atomic E-state index is 10.6. The van der Waals surface area contributed by atoms with Crippen LogP contribution < -0.4 is 9.80 Å². The molecule has 0 atom stereocenters. The third-order valence-corrected chi connectivity index (χ3v) is 10.5. The lowest BCUT2D eigenvalue weighted by atomic mass is 9.82. The second kappa shape index (κ2) is 13.0. The molecule has 0 bridgehead atoms. The zero-order valence-electron chi connectivity index (χ0n) is 28.9. The quantitative estimate of drug-likeness (QED) is 0.0813. The molecule has 1 aliphatic rings. The highest BCUT2D eigenvalue weighted by Crippen LogP contribution is 2.55. The molecule has 1 aliphatic carbocycles. The van der Waals surface area contributed by atoms with Crippen LogP contribution in [0.4, 0.5) is 34.1 Å². The smallest absolute Gasteiger partial charge is 0.208 e. The molecule has 0 radical (unpaired) electrons. The molecule has 0 saturated heterocycles. The van der Waals surface area contributed by atoms with Gasteiger partial charge in [-0.1, -0.05) is 109 Å². The third kappa shape index (κ3) is 5.68. The van der Waals surface area contributed by atoms with E-state index < -0.39 is 28.7 Å². The van der Waals surface area contributed by atoms with Crippen molar-refractivity contribution in [1.82, 2.24) is 0 Å². The average Bonchev–Trinajstić information content (AvgIpc) is 3.40. The maximum absolute atomic E-state index is 10.6. The van der Waals surface area contributed by atoms with Gasteiger partial charge in [-0.05, 0) is 94.5 Å². The summed E-state index contributed by atoms with van der Waals surface area (Å²) in [7, 11) is 0. The van der Waals surface area contributed by atoms with Crippen LogP contribution in [0.5, 0.6) is 28.7 Å². The van der Waals surface area contributed by atoms with E-state index in [1.54, 1.807) is 12.1 Å². The van der Waals surface area contributed by atoms with Crippen molar-refractivity contribution in [2.45, 2.75) is 19.3 Å². The number of halogens is 1. The molecule has 0 spiro atoms. The van der Waals surface area contributed by atoms with E-state index in [1.807, 2.05) is 66.7 Å². The second-order valence-corrected chi connectivity index (χ2v) is 14.5. The van der Waals surface area contributed by atoms with Gasteiger partial charge in [0.15, 0.2) is 11.5 Å². The van der Waals surface area contributed by atoms with Crippen LogP contribution >= 0.6 is 15.9 Å². The summed E-state index contributed by atoms with van der Waals surface area (Å²) >= 11 is 3.83. The summed E-state index contributed by atoms with van der Waals surface area (Å²) in [6.45, 7) is 4.56. The maximum Gasteiger partial charge on any atom is 0.208 e. The van der Waals surface area contributed by atoms with E-state index >= 15 is 0 Å². The van der Waals surface area contributed by atoms with Gasteiger partial charge >= 0.3 is 0 Å². The average molecular weight is 764 g/mol.